The molecule has 0 spiro atoms. The minimum absolute atomic E-state index is 0.140. The number of aromatic nitrogens is 1. The summed E-state index contributed by atoms with van der Waals surface area (Å²) >= 11 is 0. The number of rotatable bonds is 6. The van der Waals surface area contributed by atoms with Crippen LogP contribution in [-0.4, -0.2) is 29.7 Å². The van der Waals surface area contributed by atoms with Gasteiger partial charge in [-0.2, -0.15) is 13.2 Å². The number of benzene rings is 2. The highest BCUT2D eigenvalue weighted by molar-refractivity contribution is 6.00. The van der Waals surface area contributed by atoms with Crippen molar-refractivity contribution >= 4 is 17.8 Å². The first-order chi connectivity index (χ1) is 16.1. The molecule has 1 aromatic heterocycles. The molecule has 176 valence electrons. The third-order valence-corrected chi connectivity index (χ3v) is 5.32. The lowest BCUT2D eigenvalue weighted by Crippen LogP contribution is -2.13. The molecule has 2 heterocycles. The van der Waals surface area contributed by atoms with Crippen LogP contribution in [0.25, 0.3) is 11.8 Å². The minimum atomic E-state index is -4.48. The normalized spacial score (nSPS) is 12.9. The van der Waals surface area contributed by atoms with E-state index in [1.54, 1.807) is 42.7 Å². The monoisotopic (exact) mass is 471 g/mol. The summed E-state index contributed by atoms with van der Waals surface area (Å²) in [5.41, 5.74) is 1.49. The molecule has 0 aliphatic carbocycles. The van der Waals surface area contributed by atoms with Crippen molar-refractivity contribution in [2.45, 2.75) is 20.0 Å². The summed E-state index contributed by atoms with van der Waals surface area (Å²) in [4.78, 5) is 24.7. The molecule has 0 N–H and O–H groups in total. The maximum absolute atomic E-state index is 13.1. The van der Waals surface area contributed by atoms with Crippen LogP contribution < -0.4 is 9.47 Å². The first-order valence-corrected chi connectivity index (χ1v) is 10.3. The van der Waals surface area contributed by atoms with E-state index in [9.17, 15) is 22.8 Å². The molecule has 1 aliphatic rings. The molecule has 0 atom stereocenters. The fourth-order valence-corrected chi connectivity index (χ4v) is 3.71. The van der Waals surface area contributed by atoms with E-state index in [0.717, 1.165) is 12.1 Å². The molecule has 3 aromatic rings. The van der Waals surface area contributed by atoms with Gasteiger partial charge in [0.05, 0.1) is 5.56 Å². The van der Waals surface area contributed by atoms with Crippen molar-refractivity contribution in [3.63, 3.8) is 0 Å². The van der Waals surface area contributed by atoms with Gasteiger partial charge in [0.15, 0.2) is 18.1 Å². The van der Waals surface area contributed by atoms with Gasteiger partial charge >= 0.3 is 12.1 Å². The van der Waals surface area contributed by atoms with Crippen molar-refractivity contribution in [2.24, 2.45) is 0 Å². The minimum Gasteiger partial charge on any atom is -0.454 e. The molecule has 9 heteroatoms. The first kappa shape index (κ1) is 23.2. The highest BCUT2D eigenvalue weighted by Crippen LogP contribution is 2.33. The van der Waals surface area contributed by atoms with Crippen LogP contribution >= 0.6 is 0 Å². The molecular formula is C25H20F3NO5. The Kier molecular flexibility index (Phi) is 6.19. The zero-order valence-electron chi connectivity index (χ0n) is 18.3. The van der Waals surface area contributed by atoms with Crippen molar-refractivity contribution < 1.29 is 37.0 Å². The molecule has 0 bridgehead atoms. The van der Waals surface area contributed by atoms with E-state index in [-0.39, 0.29) is 18.0 Å². The van der Waals surface area contributed by atoms with Crippen molar-refractivity contribution in [3.8, 4) is 17.2 Å². The summed E-state index contributed by atoms with van der Waals surface area (Å²) in [5, 5.41) is 0. The molecule has 2 aromatic carbocycles. The molecule has 0 fully saturated rings. The number of hydrogen-bond donors (Lipinski definition) is 0. The third kappa shape index (κ3) is 4.83. The van der Waals surface area contributed by atoms with E-state index in [0.29, 0.717) is 28.5 Å². The van der Waals surface area contributed by atoms with Gasteiger partial charge in [-0.3, -0.25) is 4.79 Å². The molecular weight excluding hydrogens is 451 g/mol. The maximum atomic E-state index is 13.1. The lowest BCUT2D eigenvalue weighted by atomic mass is 10.1. The molecule has 4 rings (SSSR count). The van der Waals surface area contributed by atoms with Crippen LogP contribution in [0.1, 0.15) is 32.9 Å². The highest BCUT2D eigenvalue weighted by atomic mass is 19.4. The zero-order valence-corrected chi connectivity index (χ0v) is 18.3. The fraction of sp³-hybridized carbons (Fsp3) is 0.200. The number of carbonyl (C=O) groups excluding carboxylic acids is 2. The summed E-state index contributed by atoms with van der Waals surface area (Å²) in [6.45, 7) is 2.95. The van der Waals surface area contributed by atoms with Crippen LogP contribution in [0.15, 0.2) is 54.6 Å². The van der Waals surface area contributed by atoms with Crippen LogP contribution in [0.2, 0.25) is 0 Å². The van der Waals surface area contributed by atoms with Crippen LogP contribution in [0.3, 0.4) is 0 Å². The lowest BCUT2D eigenvalue weighted by molar-refractivity contribution is -0.138. The molecule has 0 saturated carbocycles. The van der Waals surface area contributed by atoms with E-state index >= 15 is 0 Å². The van der Waals surface area contributed by atoms with Gasteiger partial charge in [-0.05, 0) is 61.9 Å². The Morgan fingerprint density at radius 3 is 2.59 bits per heavy atom. The molecule has 34 heavy (non-hydrogen) atoms. The molecule has 0 saturated heterocycles. The summed E-state index contributed by atoms with van der Waals surface area (Å²) in [6, 6.07) is 11.6. The Morgan fingerprint density at radius 1 is 1.06 bits per heavy atom. The topological polar surface area (TPSA) is 66.8 Å². The van der Waals surface area contributed by atoms with Crippen molar-refractivity contribution in [1.82, 2.24) is 4.57 Å². The van der Waals surface area contributed by atoms with Crippen LogP contribution in [0.5, 0.6) is 11.5 Å². The molecule has 0 amide bonds. The second-order valence-electron chi connectivity index (χ2n) is 7.65. The van der Waals surface area contributed by atoms with E-state index in [4.69, 9.17) is 14.2 Å². The first-order valence-electron chi connectivity index (χ1n) is 10.3. The SMILES string of the molecule is Cc1cc(C(=O)COC(=O)C=Cc2ccc3c(c2)OCO3)c(C)n1-c1cccc(C(F)(F)F)c1. The summed E-state index contributed by atoms with van der Waals surface area (Å²) in [7, 11) is 0. The second kappa shape index (κ2) is 9.09. The average molecular weight is 471 g/mol. The highest BCUT2D eigenvalue weighted by Gasteiger charge is 2.31. The van der Waals surface area contributed by atoms with Crippen LogP contribution in [0, 0.1) is 13.8 Å². The number of ketones is 1. The number of alkyl halides is 3. The Labute approximate surface area is 193 Å². The molecule has 0 radical (unpaired) electrons. The van der Waals surface area contributed by atoms with Crippen molar-refractivity contribution in [2.75, 3.05) is 13.4 Å². The number of fused-ring (bicyclic) bond motifs is 1. The van der Waals surface area contributed by atoms with E-state index in [1.165, 1.54) is 24.3 Å². The van der Waals surface area contributed by atoms with Crippen LogP contribution in [-0.2, 0) is 15.7 Å². The number of esters is 1. The van der Waals surface area contributed by atoms with E-state index in [1.807, 2.05) is 0 Å². The fourth-order valence-electron chi connectivity index (χ4n) is 3.71. The van der Waals surface area contributed by atoms with Crippen LogP contribution in [0.4, 0.5) is 13.2 Å². The maximum Gasteiger partial charge on any atom is 0.416 e. The van der Waals surface area contributed by atoms with Gasteiger partial charge < -0.3 is 18.8 Å². The largest absolute Gasteiger partial charge is 0.454 e. The molecule has 6 nitrogen and oxygen atoms in total. The summed E-state index contributed by atoms with van der Waals surface area (Å²) in [6.07, 6.45) is -1.77. The lowest BCUT2D eigenvalue weighted by Gasteiger charge is -2.13. The van der Waals surface area contributed by atoms with Gasteiger partial charge in [0.1, 0.15) is 0 Å². The predicted octanol–water partition coefficient (Wildman–Crippen LogP) is 5.28. The Hall–Kier alpha value is -4.01. The number of aryl methyl sites for hydroxylation is 1. The number of Topliss-reactive ketones (excluding diaryl/α,β-unsaturated/α-hetero) is 1. The van der Waals surface area contributed by atoms with E-state index < -0.39 is 30.1 Å². The summed E-state index contributed by atoms with van der Waals surface area (Å²) < 4.78 is 56.4. The average Bonchev–Trinajstić information content (AvgIpc) is 3.38. The van der Waals surface area contributed by atoms with Gasteiger partial charge in [-0.25, -0.2) is 4.79 Å². The smallest absolute Gasteiger partial charge is 0.416 e. The zero-order chi connectivity index (χ0) is 24.5. The van der Waals surface area contributed by atoms with Crippen molar-refractivity contribution in [3.05, 3.63) is 82.7 Å². The molecule has 1 aliphatic heterocycles. The standard InChI is InChI=1S/C25H20F3NO5/c1-15-10-20(16(2)29(15)19-5-3-4-18(12-19)25(26,27)28)21(30)13-32-24(31)9-7-17-6-8-22-23(11-17)34-14-33-22/h3-12H,13-14H2,1-2H3. The summed E-state index contributed by atoms with van der Waals surface area (Å²) in [5.74, 6) is 0.0173. The number of halogens is 3. The number of hydrogen-bond acceptors (Lipinski definition) is 5. The number of ether oxygens (including phenoxy) is 3. The Balaban J connectivity index is 1.43. The Bertz CT molecular complexity index is 1290. The third-order valence-electron chi connectivity index (χ3n) is 5.32. The number of carbonyl (C=O) groups is 2. The predicted molar refractivity (Wildman–Crippen MR) is 117 cm³/mol. The van der Waals surface area contributed by atoms with Gasteiger partial charge in [0.2, 0.25) is 12.6 Å². The van der Waals surface area contributed by atoms with Crippen molar-refractivity contribution in [1.29, 1.82) is 0 Å². The van der Waals surface area contributed by atoms with E-state index in [2.05, 4.69) is 0 Å². The number of nitrogens with zero attached hydrogens (tertiary/aromatic N) is 1. The quantitative estimate of drug-likeness (QED) is 0.278. The van der Waals surface area contributed by atoms with Gasteiger partial charge in [0, 0.05) is 28.7 Å². The van der Waals surface area contributed by atoms with Gasteiger partial charge in [-0.1, -0.05) is 12.1 Å². The van der Waals surface area contributed by atoms with Gasteiger partial charge in [0.25, 0.3) is 0 Å². The Morgan fingerprint density at radius 2 is 1.82 bits per heavy atom. The molecule has 0 unspecified atom stereocenters. The van der Waals surface area contributed by atoms with Gasteiger partial charge in [-0.15, -0.1) is 0 Å². The second-order valence-corrected chi connectivity index (χ2v) is 7.65.